The van der Waals surface area contributed by atoms with Gasteiger partial charge in [-0.1, -0.05) is 98.9 Å². The van der Waals surface area contributed by atoms with Crippen LogP contribution in [0.1, 0.15) is 147 Å². The van der Waals surface area contributed by atoms with Crippen molar-refractivity contribution < 1.29 is 4.74 Å². The van der Waals surface area contributed by atoms with Gasteiger partial charge in [0.15, 0.2) is 0 Å². The van der Waals surface area contributed by atoms with Gasteiger partial charge in [0.2, 0.25) is 0 Å². The van der Waals surface area contributed by atoms with Crippen LogP contribution in [0.5, 0.6) is 11.5 Å². The topological polar surface area (TPSA) is 41.0 Å². The minimum Gasteiger partial charge on any atom is -0.457 e. The standard InChI is InChI=1S/C49H64N4O/c1-31-25-36(52-41-23-22-34(45(4,5)6)28-40(41)47(10,11)39-21-18-24-50-44(39)52)29-37(26-31)54-42-30-38(32(2)27-33(42)3)43-51-49(14,46(7,8)9)48(12,13)53(43)35-19-16-15-17-20-35/h18,21-30,35H,15-17,19-20H2,1-14H3/t49-/m1/s1. The van der Waals surface area contributed by atoms with E-state index in [1.807, 2.05) is 6.20 Å². The molecule has 54 heavy (non-hydrogen) atoms. The summed E-state index contributed by atoms with van der Waals surface area (Å²) in [5, 5.41) is 0. The molecule has 5 nitrogen and oxygen atoms in total. The molecule has 0 unspecified atom stereocenters. The van der Waals surface area contributed by atoms with E-state index in [1.54, 1.807) is 0 Å². The number of hydrogen-bond acceptors (Lipinski definition) is 5. The van der Waals surface area contributed by atoms with E-state index in [2.05, 4.69) is 167 Å². The van der Waals surface area contributed by atoms with Crippen molar-refractivity contribution in [1.29, 1.82) is 0 Å². The van der Waals surface area contributed by atoms with Gasteiger partial charge in [-0.15, -0.1) is 0 Å². The molecule has 2 aliphatic heterocycles. The Labute approximate surface area is 326 Å². The summed E-state index contributed by atoms with van der Waals surface area (Å²) in [6.45, 7) is 32.4. The number of hydrogen-bond donors (Lipinski definition) is 0. The maximum atomic E-state index is 6.99. The first-order valence-corrected chi connectivity index (χ1v) is 20.4. The Morgan fingerprint density at radius 3 is 2.13 bits per heavy atom. The molecule has 0 saturated heterocycles. The van der Waals surface area contributed by atoms with Gasteiger partial charge in [0.05, 0.1) is 22.5 Å². The molecule has 5 heteroatoms. The van der Waals surface area contributed by atoms with Crippen LogP contribution in [0.15, 0.2) is 71.9 Å². The zero-order valence-electron chi connectivity index (χ0n) is 35.7. The minimum atomic E-state index is -0.270. The highest BCUT2D eigenvalue weighted by molar-refractivity contribution is 6.03. The fourth-order valence-corrected chi connectivity index (χ4v) is 9.65. The highest BCUT2D eigenvalue weighted by Gasteiger charge is 2.59. The van der Waals surface area contributed by atoms with Gasteiger partial charge in [0.25, 0.3) is 0 Å². The molecule has 1 atom stereocenters. The molecule has 0 radical (unpaired) electrons. The quantitative estimate of drug-likeness (QED) is 0.205. The number of aryl methyl sites for hydroxylation is 3. The monoisotopic (exact) mass is 725 g/mol. The summed E-state index contributed by atoms with van der Waals surface area (Å²) < 4.78 is 6.99. The van der Waals surface area contributed by atoms with Crippen LogP contribution in [0.2, 0.25) is 0 Å². The molecule has 0 amide bonds. The number of pyridine rings is 1. The van der Waals surface area contributed by atoms with Gasteiger partial charge >= 0.3 is 0 Å². The molecule has 3 aromatic carbocycles. The highest BCUT2D eigenvalue weighted by Crippen LogP contribution is 2.54. The molecule has 0 spiro atoms. The fraction of sp³-hybridized carbons (Fsp3) is 0.510. The van der Waals surface area contributed by atoms with Gasteiger partial charge in [-0.25, -0.2) is 4.98 Å². The van der Waals surface area contributed by atoms with Crippen molar-refractivity contribution in [2.24, 2.45) is 10.4 Å². The number of fused-ring (bicyclic) bond motifs is 2. The van der Waals surface area contributed by atoms with Gasteiger partial charge in [-0.2, -0.15) is 0 Å². The van der Waals surface area contributed by atoms with Crippen LogP contribution in [-0.2, 0) is 10.8 Å². The van der Waals surface area contributed by atoms with Gasteiger partial charge in [-0.05, 0) is 123 Å². The van der Waals surface area contributed by atoms with E-state index in [4.69, 9.17) is 14.7 Å². The average molecular weight is 725 g/mol. The maximum Gasteiger partial charge on any atom is 0.141 e. The third-order valence-electron chi connectivity index (χ3n) is 13.5. The summed E-state index contributed by atoms with van der Waals surface area (Å²) in [5.41, 5.74) is 10.1. The lowest BCUT2D eigenvalue weighted by Crippen LogP contribution is -2.62. The van der Waals surface area contributed by atoms with E-state index in [-0.39, 0.29) is 27.3 Å². The number of rotatable bonds is 5. The lowest BCUT2D eigenvalue weighted by Gasteiger charge is -2.52. The number of aliphatic imine (C=N–C) groups is 1. The third-order valence-corrected chi connectivity index (χ3v) is 13.5. The second kappa shape index (κ2) is 13.0. The summed E-state index contributed by atoms with van der Waals surface area (Å²) in [6, 6.07) is 22.9. The molecular weight excluding hydrogens is 661 g/mol. The molecular formula is C49H64N4O. The molecule has 0 bridgehead atoms. The summed E-state index contributed by atoms with van der Waals surface area (Å²) in [4.78, 5) is 15.8. The Kier molecular flexibility index (Phi) is 9.18. The maximum absolute atomic E-state index is 6.99. The molecule has 1 saturated carbocycles. The molecule has 7 rings (SSSR count). The molecule has 1 aliphatic carbocycles. The Balaban J connectivity index is 1.33. The lowest BCUT2D eigenvalue weighted by atomic mass is 9.64. The van der Waals surface area contributed by atoms with Crippen molar-refractivity contribution in [2.75, 3.05) is 4.90 Å². The van der Waals surface area contributed by atoms with Gasteiger partial charge in [0.1, 0.15) is 23.2 Å². The SMILES string of the molecule is Cc1cc(Oc2cc(C3=N[C@](C)(C(C)(C)C)C(C)(C)N3C3CCCCC3)c(C)cc2C)cc(N2c3ccc(C(C)(C)C)cc3C(C)(C)c3cccnc32)c1. The van der Waals surface area contributed by atoms with Crippen molar-refractivity contribution >= 4 is 23.0 Å². The fourth-order valence-electron chi connectivity index (χ4n) is 9.65. The Hall–Kier alpha value is -4.12. The second-order valence-electron chi connectivity index (χ2n) is 19.8. The summed E-state index contributed by atoms with van der Waals surface area (Å²) in [6.07, 6.45) is 8.24. The number of ether oxygens (including phenoxy) is 1. The number of anilines is 3. The van der Waals surface area contributed by atoms with Crippen LogP contribution >= 0.6 is 0 Å². The van der Waals surface area contributed by atoms with Gasteiger partial charge in [-0.3, -0.25) is 9.89 Å². The van der Waals surface area contributed by atoms with E-state index in [0.29, 0.717) is 6.04 Å². The molecule has 4 aromatic rings. The summed E-state index contributed by atoms with van der Waals surface area (Å²) >= 11 is 0. The molecule has 1 fully saturated rings. The Bertz CT molecular complexity index is 2120. The van der Waals surface area contributed by atoms with E-state index in [0.717, 1.165) is 45.7 Å². The smallest absolute Gasteiger partial charge is 0.141 e. The van der Waals surface area contributed by atoms with E-state index < -0.39 is 0 Å². The molecule has 0 N–H and O–H groups in total. The normalized spacial score (nSPS) is 21.1. The average Bonchev–Trinajstić information content (AvgIpc) is 3.31. The number of nitrogens with zero attached hydrogens (tertiary/aromatic N) is 4. The van der Waals surface area contributed by atoms with Crippen LogP contribution in [0.3, 0.4) is 0 Å². The lowest BCUT2D eigenvalue weighted by molar-refractivity contribution is 0.0331. The first kappa shape index (κ1) is 38.2. The van der Waals surface area contributed by atoms with Crippen molar-refractivity contribution in [3.05, 3.63) is 106 Å². The first-order chi connectivity index (χ1) is 25.1. The second-order valence-corrected chi connectivity index (χ2v) is 19.8. The van der Waals surface area contributed by atoms with Crippen molar-refractivity contribution in [3.8, 4) is 11.5 Å². The van der Waals surface area contributed by atoms with Gasteiger partial charge in [0, 0.05) is 34.8 Å². The summed E-state index contributed by atoms with van der Waals surface area (Å²) in [5.74, 6) is 3.78. The minimum absolute atomic E-state index is 0.0227. The zero-order valence-corrected chi connectivity index (χ0v) is 35.7. The van der Waals surface area contributed by atoms with Crippen LogP contribution in [-0.4, -0.2) is 32.8 Å². The predicted molar refractivity (Wildman–Crippen MR) is 228 cm³/mol. The Morgan fingerprint density at radius 1 is 0.759 bits per heavy atom. The molecule has 286 valence electrons. The molecule has 3 heterocycles. The largest absolute Gasteiger partial charge is 0.457 e. The van der Waals surface area contributed by atoms with Gasteiger partial charge < -0.3 is 9.64 Å². The zero-order chi connectivity index (χ0) is 39.2. The molecule has 1 aromatic heterocycles. The van der Waals surface area contributed by atoms with Crippen LogP contribution in [0.4, 0.5) is 17.2 Å². The van der Waals surface area contributed by atoms with Crippen LogP contribution in [0, 0.1) is 26.2 Å². The predicted octanol–water partition coefficient (Wildman–Crippen LogP) is 13.2. The number of aromatic nitrogens is 1. The van der Waals surface area contributed by atoms with Crippen molar-refractivity contribution in [2.45, 2.75) is 157 Å². The van der Waals surface area contributed by atoms with Crippen LogP contribution in [0.25, 0.3) is 0 Å². The highest BCUT2D eigenvalue weighted by atomic mass is 16.5. The number of amidine groups is 1. The van der Waals surface area contributed by atoms with E-state index in [1.165, 1.54) is 59.9 Å². The first-order valence-electron chi connectivity index (χ1n) is 20.4. The number of benzene rings is 3. The van der Waals surface area contributed by atoms with Crippen molar-refractivity contribution in [3.63, 3.8) is 0 Å². The third kappa shape index (κ3) is 6.14. The Morgan fingerprint density at radius 2 is 1.46 bits per heavy atom. The van der Waals surface area contributed by atoms with E-state index in [9.17, 15) is 0 Å². The molecule has 3 aliphatic rings. The van der Waals surface area contributed by atoms with Crippen LogP contribution < -0.4 is 9.64 Å². The summed E-state index contributed by atoms with van der Waals surface area (Å²) in [7, 11) is 0. The van der Waals surface area contributed by atoms with E-state index >= 15 is 0 Å². The van der Waals surface area contributed by atoms with Crippen molar-refractivity contribution in [1.82, 2.24) is 9.88 Å².